The lowest BCUT2D eigenvalue weighted by Crippen LogP contribution is -2.42. The summed E-state index contributed by atoms with van der Waals surface area (Å²) in [6.07, 6.45) is 1.05. The first-order valence-corrected chi connectivity index (χ1v) is 3.41. The summed E-state index contributed by atoms with van der Waals surface area (Å²) in [5, 5.41) is 5.26. The van der Waals surface area contributed by atoms with Gasteiger partial charge < -0.3 is 10.6 Å². The SMILES string of the molecule is CC.O=C1NCCCN1. The Morgan fingerprint density at radius 1 is 1.22 bits per heavy atom. The number of carbonyl (C=O) groups is 1. The summed E-state index contributed by atoms with van der Waals surface area (Å²) in [6, 6.07) is -0.0359. The van der Waals surface area contributed by atoms with E-state index in [0.29, 0.717) is 0 Å². The van der Waals surface area contributed by atoms with Gasteiger partial charge in [-0.1, -0.05) is 13.8 Å². The van der Waals surface area contributed by atoms with E-state index in [9.17, 15) is 4.79 Å². The fourth-order valence-electron chi connectivity index (χ4n) is 0.555. The Bertz CT molecular complexity index is 75.1. The third-order valence-corrected chi connectivity index (χ3v) is 0.925. The van der Waals surface area contributed by atoms with Gasteiger partial charge in [-0.05, 0) is 6.42 Å². The molecule has 0 saturated carbocycles. The van der Waals surface area contributed by atoms with Crippen molar-refractivity contribution in [2.75, 3.05) is 13.1 Å². The Balaban J connectivity index is 0.000000291. The standard InChI is InChI=1S/C4H8N2O.C2H6/c7-4-5-2-1-3-6-4;1-2/h1-3H2,(H2,5,6,7);1-2H3. The predicted molar refractivity (Wildman–Crippen MR) is 37.4 cm³/mol. The highest BCUT2D eigenvalue weighted by Gasteiger charge is 2.02. The van der Waals surface area contributed by atoms with Gasteiger partial charge in [0.1, 0.15) is 0 Å². The van der Waals surface area contributed by atoms with Gasteiger partial charge in [0.05, 0.1) is 0 Å². The molecule has 0 spiro atoms. The van der Waals surface area contributed by atoms with Crippen LogP contribution in [0.5, 0.6) is 0 Å². The topological polar surface area (TPSA) is 41.1 Å². The van der Waals surface area contributed by atoms with Crippen molar-refractivity contribution in [1.29, 1.82) is 0 Å². The Morgan fingerprint density at radius 3 is 1.89 bits per heavy atom. The smallest absolute Gasteiger partial charge is 0.314 e. The van der Waals surface area contributed by atoms with Gasteiger partial charge in [-0.15, -0.1) is 0 Å². The molecule has 1 heterocycles. The van der Waals surface area contributed by atoms with Crippen molar-refractivity contribution in [3.8, 4) is 0 Å². The minimum Gasteiger partial charge on any atom is -0.338 e. The molecule has 0 aliphatic carbocycles. The third-order valence-electron chi connectivity index (χ3n) is 0.925. The molecule has 1 saturated heterocycles. The monoisotopic (exact) mass is 130 g/mol. The third kappa shape index (κ3) is 3.82. The summed E-state index contributed by atoms with van der Waals surface area (Å²) in [5.74, 6) is 0. The molecule has 0 aromatic rings. The largest absolute Gasteiger partial charge is 0.338 e. The van der Waals surface area contributed by atoms with E-state index in [1.165, 1.54) is 0 Å². The molecule has 1 aliphatic rings. The molecule has 1 aliphatic heterocycles. The Morgan fingerprint density at radius 2 is 1.67 bits per heavy atom. The molecule has 0 atom stereocenters. The van der Waals surface area contributed by atoms with E-state index in [1.54, 1.807) is 0 Å². The van der Waals surface area contributed by atoms with Crippen LogP contribution in [0.3, 0.4) is 0 Å². The van der Waals surface area contributed by atoms with Crippen LogP contribution in [0.1, 0.15) is 20.3 Å². The molecule has 0 aromatic carbocycles. The van der Waals surface area contributed by atoms with Crippen LogP contribution in [-0.4, -0.2) is 19.1 Å². The normalized spacial score (nSPS) is 16.4. The summed E-state index contributed by atoms with van der Waals surface area (Å²) in [4.78, 5) is 10.2. The zero-order valence-corrected chi connectivity index (χ0v) is 6.03. The molecule has 54 valence electrons. The van der Waals surface area contributed by atoms with Crippen molar-refractivity contribution in [1.82, 2.24) is 10.6 Å². The maximum Gasteiger partial charge on any atom is 0.314 e. The van der Waals surface area contributed by atoms with Crippen molar-refractivity contribution in [3.05, 3.63) is 0 Å². The van der Waals surface area contributed by atoms with E-state index in [2.05, 4.69) is 10.6 Å². The molecule has 0 unspecified atom stereocenters. The van der Waals surface area contributed by atoms with Crippen LogP contribution >= 0.6 is 0 Å². The van der Waals surface area contributed by atoms with Crippen molar-refractivity contribution in [2.45, 2.75) is 20.3 Å². The predicted octanol–water partition coefficient (Wildman–Crippen LogP) is 0.716. The van der Waals surface area contributed by atoms with Crippen molar-refractivity contribution >= 4 is 6.03 Å². The fourth-order valence-corrected chi connectivity index (χ4v) is 0.555. The van der Waals surface area contributed by atoms with Gasteiger partial charge >= 0.3 is 6.03 Å². The summed E-state index contributed by atoms with van der Waals surface area (Å²) in [6.45, 7) is 5.65. The van der Waals surface area contributed by atoms with Gasteiger partial charge in [-0.25, -0.2) is 4.79 Å². The van der Waals surface area contributed by atoms with Crippen LogP contribution < -0.4 is 10.6 Å². The molecular formula is C6H14N2O. The second-order valence-electron chi connectivity index (χ2n) is 1.54. The Hall–Kier alpha value is -0.730. The van der Waals surface area contributed by atoms with E-state index < -0.39 is 0 Å². The lowest BCUT2D eigenvalue weighted by molar-refractivity contribution is 0.236. The number of nitrogens with one attached hydrogen (secondary N) is 2. The summed E-state index contributed by atoms with van der Waals surface area (Å²) in [5.41, 5.74) is 0. The van der Waals surface area contributed by atoms with Crippen LogP contribution in [0.2, 0.25) is 0 Å². The molecular weight excluding hydrogens is 116 g/mol. The van der Waals surface area contributed by atoms with E-state index in [0.717, 1.165) is 19.5 Å². The van der Waals surface area contributed by atoms with Crippen molar-refractivity contribution < 1.29 is 4.79 Å². The highest BCUT2D eigenvalue weighted by Crippen LogP contribution is 1.79. The van der Waals surface area contributed by atoms with E-state index >= 15 is 0 Å². The van der Waals surface area contributed by atoms with Gasteiger partial charge in [0.2, 0.25) is 0 Å². The summed E-state index contributed by atoms with van der Waals surface area (Å²) in [7, 11) is 0. The van der Waals surface area contributed by atoms with Crippen LogP contribution in [0.25, 0.3) is 0 Å². The number of amides is 2. The number of hydrogen-bond donors (Lipinski definition) is 2. The molecule has 9 heavy (non-hydrogen) atoms. The minimum atomic E-state index is -0.0359. The Labute approximate surface area is 55.8 Å². The summed E-state index contributed by atoms with van der Waals surface area (Å²) < 4.78 is 0. The molecule has 3 nitrogen and oxygen atoms in total. The van der Waals surface area contributed by atoms with Gasteiger partial charge in [-0.3, -0.25) is 0 Å². The molecule has 0 bridgehead atoms. The molecule has 3 heteroatoms. The highest BCUT2D eigenvalue weighted by atomic mass is 16.2. The van der Waals surface area contributed by atoms with Crippen molar-refractivity contribution in [3.63, 3.8) is 0 Å². The first kappa shape index (κ1) is 8.27. The lowest BCUT2D eigenvalue weighted by atomic mass is 10.4. The van der Waals surface area contributed by atoms with Gasteiger partial charge in [0.25, 0.3) is 0 Å². The number of urea groups is 1. The second-order valence-corrected chi connectivity index (χ2v) is 1.54. The van der Waals surface area contributed by atoms with E-state index in [1.807, 2.05) is 13.8 Å². The molecule has 2 N–H and O–H groups in total. The van der Waals surface area contributed by atoms with E-state index in [-0.39, 0.29) is 6.03 Å². The molecule has 2 amide bonds. The van der Waals surface area contributed by atoms with Gasteiger partial charge in [0, 0.05) is 13.1 Å². The van der Waals surface area contributed by atoms with Crippen LogP contribution in [0.4, 0.5) is 4.79 Å². The number of hydrogen-bond acceptors (Lipinski definition) is 1. The first-order chi connectivity index (χ1) is 4.39. The zero-order valence-electron chi connectivity index (χ0n) is 6.03. The number of carbonyl (C=O) groups excluding carboxylic acids is 1. The van der Waals surface area contributed by atoms with Gasteiger partial charge in [-0.2, -0.15) is 0 Å². The average molecular weight is 130 g/mol. The summed E-state index contributed by atoms with van der Waals surface area (Å²) >= 11 is 0. The van der Waals surface area contributed by atoms with E-state index in [4.69, 9.17) is 0 Å². The van der Waals surface area contributed by atoms with Gasteiger partial charge in [0.15, 0.2) is 0 Å². The second kappa shape index (κ2) is 5.41. The molecule has 0 aromatic heterocycles. The maximum absolute atomic E-state index is 10.2. The lowest BCUT2D eigenvalue weighted by Gasteiger charge is -2.11. The number of rotatable bonds is 0. The quantitative estimate of drug-likeness (QED) is 0.498. The highest BCUT2D eigenvalue weighted by molar-refractivity contribution is 5.74. The van der Waals surface area contributed by atoms with Crippen LogP contribution in [0, 0.1) is 0 Å². The molecule has 0 radical (unpaired) electrons. The van der Waals surface area contributed by atoms with Crippen LogP contribution in [-0.2, 0) is 0 Å². The average Bonchev–Trinajstić information content (AvgIpc) is 1.94. The fraction of sp³-hybridized carbons (Fsp3) is 0.833. The first-order valence-electron chi connectivity index (χ1n) is 3.41. The van der Waals surface area contributed by atoms with Crippen molar-refractivity contribution in [2.24, 2.45) is 0 Å². The zero-order chi connectivity index (χ0) is 7.11. The molecule has 1 rings (SSSR count). The minimum absolute atomic E-state index is 0.0359. The maximum atomic E-state index is 10.2. The molecule has 1 fully saturated rings. The van der Waals surface area contributed by atoms with Crippen LogP contribution in [0.15, 0.2) is 0 Å². The Kier molecular flexibility index (Phi) is 4.97.